The van der Waals surface area contributed by atoms with E-state index in [9.17, 15) is 9.59 Å². The number of aliphatic hydroxyl groups excluding tert-OH is 1. The predicted octanol–water partition coefficient (Wildman–Crippen LogP) is 1.09. The van der Waals surface area contributed by atoms with Gasteiger partial charge in [-0.1, -0.05) is 18.2 Å². The lowest BCUT2D eigenvalue weighted by atomic mass is 10.1. The second kappa shape index (κ2) is 7.72. The number of rotatable bonds is 7. The van der Waals surface area contributed by atoms with Gasteiger partial charge in [0.15, 0.2) is 0 Å². The van der Waals surface area contributed by atoms with Crippen molar-refractivity contribution < 1.29 is 28.9 Å². The molecule has 1 saturated heterocycles. The molecule has 0 bridgehead atoms. The molecular formula is C16H18O6. The molecule has 0 amide bonds. The lowest BCUT2D eigenvalue weighted by molar-refractivity contribution is -0.134. The van der Waals surface area contributed by atoms with E-state index in [0.717, 1.165) is 0 Å². The van der Waals surface area contributed by atoms with Crippen molar-refractivity contribution in [3.8, 4) is 0 Å². The smallest absolute Gasteiger partial charge is 0.338 e. The van der Waals surface area contributed by atoms with Crippen LogP contribution in [-0.2, 0) is 19.0 Å². The van der Waals surface area contributed by atoms with Gasteiger partial charge in [0.1, 0.15) is 12.2 Å². The third-order valence-corrected chi connectivity index (χ3v) is 3.25. The van der Waals surface area contributed by atoms with Gasteiger partial charge < -0.3 is 19.3 Å². The molecule has 6 heteroatoms. The van der Waals surface area contributed by atoms with Crippen LogP contribution in [0.1, 0.15) is 16.8 Å². The van der Waals surface area contributed by atoms with Gasteiger partial charge in [-0.3, -0.25) is 0 Å². The standard InChI is InChI=1S/C16H18O6/c1-20-15(18)8-7-12(9-13-14(10-17)22-13)21-16(19)11-5-3-2-4-6-11/h2-8,12-14,17H,9-10H2,1H3/b8-7+/t12-,13-,14-/m0/s1. The maximum absolute atomic E-state index is 12.1. The fraction of sp³-hybridized carbons (Fsp3) is 0.375. The first kappa shape index (κ1) is 16.2. The number of methoxy groups -OCH3 is 1. The molecule has 1 aromatic rings. The molecular weight excluding hydrogens is 288 g/mol. The lowest BCUT2D eigenvalue weighted by Gasteiger charge is -2.13. The minimum atomic E-state index is -0.631. The van der Waals surface area contributed by atoms with E-state index < -0.39 is 18.0 Å². The van der Waals surface area contributed by atoms with E-state index >= 15 is 0 Å². The molecule has 1 N–H and O–H groups in total. The van der Waals surface area contributed by atoms with Crippen molar-refractivity contribution in [1.29, 1.82) is 0 Å². The third-order valence-electron chi connectivity index (χ3n) is 3.25. The number of aliphatic hydroxyl groups is 1. The van der Waals surface area contributed by atoms with E-state index in [1.165, 1.54) is 19.3 Å². The van der Waals surface area contributed by atoms with Crippen molar-refractivity contribution in [2.24, 2.45) is 0 Å². The van der Waals surface area contributed by atoms with E-state index in [-0.39, 0.29) is 18.8 Å². The van der Waals surface area contributed by atoms with Crippen molar-refractivity contribution in [3.63, 3.8) is 0 Å². The monoisotopic (exact) mass is 306 g/mol. The molecule has 1 aromatic carbocycles. The van der Waals surface area contributed by atoms with Crippen LogP contribution in [0.2, 0.25) is 0 Å². The highest BCUT2D eigenvalue weighted by atomic mass is 16.6. The fourth-order valence-corrected chi connectivity index (χ4v) is 1.98. The van der Waals surface area contributed by atoms with Gasteiger partial charge in [0.2, 0.25) is 0 Å². The number of carbonyl (C=O) groups excluding carboxylic acids is 2. The Kier molecular flexibility index (Phi) is 5.68. The molecule has 0 saturated carbocycles. The van der Waals surface area contributed by atoms with Crippen LogP contribution in [0, 0.1) is 0 Å². The number of esters is 2. The van der Waals surface area contributed by atoms with Crippen LogP contribution in [0.3, 0.4) is 0 Å². The lowest BCUT2D eigenvalue weighted by Crippen LogP contribution is -2.19. The van der Waals surface area contributed by atoms with E-state index in [2.05, 4.69) is 4.74 Å². The molecule has 1 aliphatic heterocycles. The zero-order valence-electron chi connectivity index (χ0n) is 12.2. The molecule has 1 fully saturated rings. The zero-order chi connectivity index (χ0) is 15.9. The van der Waals surface area contributed by atoms with Crippen LogP contribution in [0.4, 0.5) is 0 Å². The van der Waals surface area contributed by atoms with E-state index in [1.807, 2.05) is 0 Å². The van der Waals surface area contributed by atoms with Gasteiger partial charge in [0.05, 0.1) is 25.4 Å². The summed E-state index contributed by atoms with van der Waals surface area (Å²) in [7, 11) is 1.27. The largest absolute Gasteiger partial charge is 0.466 e. The fourth-order valence-electron chi connectivity index (χ4n) is 1.98. The highest BCUT2D eigenvalue weighted by Crippen LogP contribution is 2.27. The van der Waals surface area contributed by atoms with Crippen molar-refractivity contribution in [2.75, 3.05) is 13.7 Å². The highest BCUT2D eigenvalue weighted by molar-refractivity contribution is 5.89. The van der Waals surface area contributed by atoms with Crippen LogP contribution in [0.25, 0.3) is 0 Å². The molecule has 1 aliphatic rings. The summed E-state index contributed by atoms with van der Waals surface area (Å²) in [5.41, 5.74) is 0.425. The Morgan fingerprint density at radius 2 is 2.05 bits per heavy atom. The van der Waals surface area contributed by atoms with Gasteiger partial charge in [0, 0.05) is 12.5 Å². The molecule has 0 aliphatic carbocycles. The highest BCUT2D eigenvalue weighted by Gasteiger charge is 2.40. The number of carbonyl (C=O) groups is 2. The van der Waals surface area contributed by atoms with Crippen LogP contribution in [0.15, 0.2) is 42.5 Å². The quantitative estimate of drug-likeness (QED) is 0.461. The molecule has 2 rings (SSSR count). The van der Waals surface area contributed by atoms with Gasteiger partial charge >= 0.3 is 11.9 Å². The molecule has 0 spiro atoms. The summed E-state index contributed by atoms with van der Waals surface area (Å²) in [6, 6.07) is 8.57. The van der Waals surface area contributed by atoms with Crippen molar-refractivity contribution >= 4 is 11.9 Å². The van der Waals surface area contributed by atoms with E-state index in [0.29, 0.717) is 12.0 Å². The number of hydrogen-bond donors (Lipinski definition) is 1. The Morgan fingerprint density at radius 1 is 1.32 bits per heavy atom. The predicted molar refractivity (Wildman–Crippen MR) is 77.2 cm³/mol. The minimum Gasteiger partial charge on any atom is -0.466 e. The average Bonchev–Trinajstić information content (AvgIpc) is 3.31. The van der Waals surface area contributed by atoms with Crippen LogP contribution < -0.4 is 0 Å². The van der Waals surface area contributed by atoms with Gasteiger partial charge in [-0.15, -0.1) is 0 Å². The average molecular weight is 306 g/mol. The molecule has 3 atom stereocenters. The normalized spacial score (nSPS) is 21.4. The van der Waals surface area contributed by atoms with Crippen molar-refractivity contribution in [1.82, 2.24) is 0 Å². The number of benzene rings is 1. The molecule has 6 nitrogen and oxygen atoms in total. The Labute approximate surface area is 128 Å². The second-order valence-electron chi connectivity index (χ2n) is 4.82. The molecule has 1 heterocycles. The van der Waals surface area contributed by atoms with E-state index in [4.69, 9.17) is 14.6 Å². The summed E-state index contributed by atoms with van der Waals surface area (Å²) in [6.07, 6.45) is 2.00. The maximum Gasteiger partial charge on any atom is 0.338 e. The topological polar surface area (TPSA) is 85.4 Å². The Bertz CT molecular complexity index is 539. The summed E-state index contributed by atoms with van der Waals surface area (Å²) in [6.45, 7) is -0.0786. The van der Waals surface area contributed by atoms with Crippen LogP contribution >= 0.6 is 0 Å². The first-order valence-corrected chi connectivity index (χ1v) is 6.92. The SMILES string of the molecule is COC(=O)/C=C/[C@@H](C[C@@H]1O[C@H]1CO)OC(=O)c1ccccc1. The Hall–Kier alpha value is -2.18. The summed E-state index contributed by atoms with van der Waals surface area (Å²) >= 11 is 0. The molecule has 0 unspecified atom stereocenters. The van der Waals surface area contributed by atoms with Gasteiger partial charge in [-0.2, -0.15) is 0 Å². The second-order valence-corrected chi connectivity index (χ2v) is 4.82. The first-order chi connectivity index (χ1) is 10.6. The third kappa shape index (κ3) is 4.68. The van der Waals surface area contributed by atoms with Gasteiger partial charge in [-0.25, -0.2) is 9.59 Å². The van der Waals surface area contributed by atoms with Crippen LogP contribution in [0.5, 0.6) is 0 Å². The Morgan fingerprint density at radius 3 is 2.64 bits per heavy atom. The number of ether oxygens (including phenoxy) is 3. The molecule has 22 heavy (non-hydrogen) atoms. The zero-order valence-corrected chi connectivity index (χ0v) is 12.2. The minimum absolute atomic E-state index is 0.0786. The van der Waals surface area contributed by atoms with E-state index in [1.54, 1.807) is 30.3 Å². The first-order valence-electron chi connectivity index (χ1n) is 6.92. The summed E-state index contributed by atoms with van der Waals surface area (Å²) in [5.74, 6) is -1.02. The number of epoxide rings is 1. The van der Waals surface area contributed by atoms with Gasteiger partial charge in [0.25, 0.3) is 0 Å². The Balaban J connectivity index is 1.99. The van der Waals surface area contributed by atoms with Crippen LogP contribution in [-0.4, -0.2) is 49.1 Å². The summed E-state index contributed by atoms with van der Waals surface area (Å²) < 4.78 is 15.1. The van der Waals surface area contributed by atoms with Crippen molar-refractivity contribution in [2.45, 2.75) is 24.7 Å². The number of hydrogen-bond acceptors (Lipinski definition) is 6. The van der Waals surface area contributed by atoms with Crippen molar-refractivity contribution in [3.05, 3.63) is 48.0 Å². The molecule has 118 valence electrons. The van der Waals surface area contributed by atoms with Gasteiger partial charge in [-0.05, 0) is 18.2 Å². The summed E-state index contributed by atoms with van der Waals surface area (Å²) in [5, 5.41) is 8.98. The molecule has 0 aromatic heterocycles. The summed E-state index contributed by atoms with van der Waals surface area (Å²) in [4.78, 5) is 23.2. The molecule has 0 radical (unpaired) electrons. The maximum atomic E-state index is 12.1.